The van der Waals surface area contributed by atoms with Crippen molar-refractivity contribution in [1.82, 2.24) is 9.91 Å². The van der Waals surface area contributed by atoms with E-state index in [1.54, 1.807) is 35.5 Å². The Hall–Kier alpha value is -2.71. The molecule has 2 heterocycles. The van der Waals surface area contributed by atoms with Crippen molar-refractivity contribution in [2.75, 3.05) is 33.9 Å². The standard InChI is InChI=1S/C25H31N3O4S/c1-31-14-13-27(25(30)18-8-3-4-9-18)17-24(29)28-21(19-10-5-6-11-22(19)32-2)16-20(26-28)23-12-7-15-33-23/h5-7,10-12,15,18,21H,3-4,8-9,13-14,16-17H2,1-2H3/t21-/m1/s1. The maximum Gasteiger partial charge on any atom is 0.262 e. The van der Waals surface area contributed by atoms with Gasteiger partial charge in [-0.15, -0.1) is 11.3 Å². The molecule has 0 bridgehead atoms. The van der Waals surface area contributed by atoms with Crippen LogP contribution in [0.25, 0.3) is 0 Å². The fourth-order valence-corrected chi connectivity index (χ4v) is 5.37. The third kappa shape index (κ3) is 5.28. The Morgan fingerprint density at radius 2 is 1.94 bits per heavy atom. The lowest BCUT2D eigenvalue weighted by atomic mass is 10.00. The average Bonchev–Trinajstić information content (AvgIpc) is 3.62. The van der Waals surface area contributed by atoms with Crippen LogP contribution in [0.2, 0.25) is 0 Å². The highest BCUT2D eigenvalue weighted by molar-refractivity contribution is 7.12. The van der Waals surface area contributed by atoms with Crippen molar-refractivity contribution in [2.45, 2.75) is 38.1 Å². The number of nitrogens with zero attached hydrogens (tertiary/aromatic N) is 3. The van der Waals surface area contributed by atoms with Crippen molar-refractivity contribution in [3.05, 3.63) is 52.2 Å². The topological polar surface area (TPSA) is 71.4 Å². The Bertz CT molecular complexity index is 985. The van der Waals surface area contributed by atoms with Crippen molar-refractivity contribution < 1.29 is 19.1 Å². The molecule has 0 N–H and O–H groups in total. The molecule has 176 valence electrons. The fraction of sp³-hybridized carbons (Fsp3) is 0.480. The summed E-state index contributed by atoms with van der Waals surface area (Å²) in [5, 5.41) is 8.30. The van der Waals surface area contributed by atoms with Gasteiger partial charge in [0.15, 0.2) is 0 Å². The van der Waals surface area contributed by atoms with Gasteiger partial charge in [0.1, 0.15) is 12.3 Å². The molecule has 0 spiro atoms. The fourth-order valence-electron chi connectivity index (χ4n) is 4.65. The summed E-state index contributed by atoms with van der Waals surface area (Å²) < 4.78 is 10.8. The third-order valence-electron chi connectivity index (χ3n) is 6.38. The van der Waals surface area contributed by atoms with E-state index in [1.165, 1.54) is 0 Å². The zero-order valence-corrected chi connectivity index (χ0v) is 20.1. The van der Waals surface area contributed by atoms with Crippen molar-refractivity contribution in [1.29, 1.82) is 0 Å². The van der Waals surface area contributed by atoms with Crippen LogP contribution in [0.3, 0.4) is 0 Å². The van der Waals surface area contributed by atoms with Crippen LogP contribution in [0.5, 0.6) is 5.75 Å². The van der Waals surface area contributed by atoms with Crippen LogP contribution in [0.15, 0.2) is 46.9 Å². The van der Waals surface area contributed by atoms with Gasteiger partial charge in [-0.25, -0.2) is 5.01 Å². The molecular weight excluding hydrogens is 438 g/mol. The van der Waals surface area contributed by atoms with Gasteiger partial charge < -0.3 is 14.4 Å². The van der Waals surface area contributed by atoms with Gasteiger partial charge in [0.25, 0.3) is 5.91 Å². The van der Waals surface area contributed by atoms with Crippen LogP contribution in [-0.2, 0) is 14.3 Å². The monoisotopic (exact) mass is 469 g/mol. The van der Waals surface area contributed by atoms with Gasteiger partial charge in [-0.2, -0.15) is 5.10 Å². The number of carbonyl (C=O) groups is 2. The first kappa shape index (κ1) is 23.4. The highest BCUT2D eigenvalue weighted by Crippen LogP contribution is 2.38. The second-order valence-corrected chi connectivity index (χ2v) is 9.41. The summed E-state index contributed by atoms with van der Waals surface area (Å²) >= 11 is 1.61. The van der Waals surface area contributed by atoms with E-state index in [0.717, 1.165) is 47.6 Å². The Morgan fingerprint density at radius 3 is 2.64 bits per heavy atom. The minimum absolute atomic E-state index is 0.00318. The minimum atomic E-state index is -0.281. The number of rotatable bonds is 9. The van der Waals surface area contributed by atoms with Gasteiger partial charge in [-0.1, -0.05) is 37.1 Å². The number of carbonyl (C=O) groups excluding carboxylic acids is 2. The number of hydrogen-bond acceptors (Lipinski definition) is 6. The number of benzene rings is 1. The molecule has 2 aromatic rings. The lowest BCUT2D eigenvalue weighted by molar-refractivity contribution is -0.144. The van der Waals surface area contributed by atoms with E-state index in [1.807, 2.05) is 41.8 Å². The number of thiophene rings is 1. The van der Waals surface area contributed by atoms with E-state index in [0.29, 0.717) is 19.6 Å². The number of amides is 2. The second kappa shape index (κ2) is 10.9. The van der Waals surface area contributed by atoms with Gasteiger partial charge >= 0.3 is 0 Å². The first-order valence-corrected chi connectivity index (χ1v) is 12.3. The number of para-hydroxylation sites is 1. The molecule has 1 aliphatic heterocycles. The van der Waals surface area contributed by atoms with E-state index >= 15 is 0 Å². The molecule has 33 heavy (non-hydrogen) atoms. The van der Waals surface area contributed by atoms with Gasteiger partial charge in [0.2, 0.25) is 5.91 Å². The summed E-state index contributed by atoms with van der Waals surface area (Å²) in [4.78, 5) is 29.4. The van der Waals surface area contributed by atoms with Crippen molar-refractivity contribution in [2.24, 2.45) is 11.0 Å². The summed E-state index contributed by atoms with van der Waals surface area (Å²) in [5.41, 5.74) is 1.79. The van der Waals surface area contributed by atoms with Crippen LogP contribution in [0.1, 0.15) is 48.6 Å². The zero-order chi connectivity index (χ0) is 23.2. The Kier molecular flexibility index (Phi) is 7.77. The number of ether oxygens (including phenoxy) is 2. The molecule has 1 atom stereocenters. The quantitative estimate of drug-likeness (QED) is 0.554. The summed E-state index contributed by atoms with van der Waals surface area (Å²) in [6.45, 7) is 0.781. The molecule has 1 fully saturated rings. The molecule has 0 unspecified atom stereocenters. The SMILES string of the molecule is COCCN(CC(=O)N1N=C(c2cccs2)C[C@@H]1c1ccccc1OC)C(=O)C1CCCC1. The van der Waals surface area contributed by atoms with Crippen LogP contribution >= 0.6 is 11.3 Å². The molecule has 7 nitrogen and oxygen atoms in total. The molecule has 8 heteroatoms. The second-order valence-electron chi connectivity index (χ2n) is 8.46. The highest BCUT2D eigenvalue weighted by Gasteiger charge is 2.37. The van der Waals surface area contributed by atoms with E-state index < -0.39 is 0 Å². The molecule has 1 saturated carbocycles. The first-order chi connectivity index (χ1) is 16.1. The molecule has 0 radical (unpaired) electrons. The lowest BCUT2D eigenvalue weighted by Gasteiger charge is -2.29. The van der Waals surface area contributed by atoms with E-state index in [9.17, 15) is 9.59 Å². The maximum absolute atomic E-state index is 13.6. The molecular formula is C25H31N3O4S. The summed E-state index contributed by atoms with van der Waals surface area (Å²) in [5.74, 6) is 0.581. The van der Waals surface area contributed by atoms with Crippen molar-refractivity contribution in [3.63, 3.8) is 0 Å². The Balaban J connectivity index is 1.60. The first-order valence-electron chi connectivity index (χ1n) is 11.5. The van der Waals surface area contributed by atoms with Crippen molar-refractivity contribution >= 4 is 28.9 Å². The zero-order valence-electron chi connectivity index (χ0n) is 19.2. The number of hydrazone groups is 1. The molecule has 2 aliphatic rings. The minimum Gasteiger partial charge on any atom is -0.496 e. The van der Waals surface area contributed by atoms with Crippen LogP contribution < -0.4 is 4.74 Å². The Labute approximate surface area is 199 Å². The van der Waals surface area contributed by atoms with Crippen LogP contribution in [-0.4, -0.2) is 61.4 Å². The molecule has 1 aliphatic carbocycles. The number of hydrogen-bond donors (Lipinski definition) is 0. The van der Waals surface area contributed by atoms with Gasteiger partial charge in [-0.3, -0.25) is 9.59 Å². The average molecular weight is 470 g/mol. The molecule has 2 amide bonds. The van der Waals surface area contributed by atoms with Crippen molar-refractivity contribution in [3.8, 4) is 5.75 Å². The van der Waals surface area contributed by atoms with E-state index in [-0.39, 0.29) is 30.3 Å². The predicted molar refractivity (Wildman–Crippen MR) is 128 cm³/mol. The maximum atomic E-state index is 13.6. The Morgan fingerprint density at radius 1 is 1.15 bits per heavy atom. The van der Waals surface area contributed by atoms with Gasteiger partial charge in [-0.05, 0) is 30.4 Å². The summed E-state index contributed by atoms with van der Waals surface area (Å²) in [6.07, 6.45) is 4.52. The van der Waals surface area contributed by atoms with Crippen LogP contribution in [0, 0.1) is 5.92 Å². The van der Waals surface area contributed by atoms with Gasteiger partial charge in [0.05, 0.1) is 30.3 Å². The normalized spacial score (nSPS) is 18.4. The third-order valence-corrected chi connectivity index (χ3v) is 7.30. The largest absolute Gasteiger partial charge is 0.496 e. The smallest absolute Gasteiger partial charge is 0.262 e. The number of methoxy groups -OCH3 is 2. The predicted octanol–water partition coefficient (Wildman–Crippen LogP) is 4.10. The van der Waals surface area contributed by atoms with Crippen LogP contribution in [0.4, 0.5) is 0 Å². The molecule has 4 rings (SSSR count). The molecule has 0 saturated heterocycles. The molecule has 1 aromatic carbocycles. The van der Waals surface area contributed by atoms with E-state index in [4.69, 9.17) is 14.6 Å². The summed E-state index contributed by atoms with van der Waals surface area (Å²) in [7, 11) is 3.24. The lowest BCUT2D eigenvalue weighted by Crippen LogP contribution is -2.44. The molecule has 1 aromatic heterocycles. The highest BCUT2D eigenvalue weighted by atomic mass is 32.1. The van der Waals surface area contributed by atoms with E-state index in [2.05, 4.69) is 0 Å². The van der Waals surface area contributed by atoms with Gasteiger partial charge in [0, 0.05) is 31.6 Å². The summed E-state index contributed by atoms with van der Waals surface area (Å²) in [6, 6.07) is 11.5.